The molecule has 1 N–H and O–H groups in total. The highest BCUT2D eigenvalue weighted by Gasteiger charge is 2.34. The van der Waals surface area contributed by atoms with Crippen molar-refractivity contribution in [3.63, 3.8) is 0 Å². The van der Waals surface area contributed by atoms with E-state index in [4.69, 9.17) is 4.74 Å². The Morgan fingerprint density at radius 2 is 2.62 bits per heavy atom. The van der Waals surface area contributed by atoms with Gasteiger partial charge in [-0.3, -0.25) is 4.79 Å². The maximum Gasteiger partial charge on any atom is 0.243 e. The predicted molar refractivity (Wildman–Crippen MR) is 54.9 cm³/mol. The molecule has 1 fully saturated rings. The zero-order valence-electron chi connectivity index (χ0n) is 7.84. The molecule has 1 rings (SSSR count). The van der Waals surface area contributed by atoms with Crippen LogP contribution >= 0.6 is 11.8 Å². The van der Waals surface area contributed by atoms with E-state index >= 15 is 0 Å². The third-order valence-electron chi connectivity index (χ3n) is 2.27. The molecule has 0 aromatic heterocycles. The summed E-state index contributed by atoms with van der Waals surface area (Å²) in [6, 6.07) is 0. The molecule has 1 aliphatic heterocycles. The van der Waals surface area contributed by atoms with E-state index in [9.17, 15) is 4.79 Å². The fraction of sp³-hybridized carbons (Fsp3) is 0.667. The number of hydrogen-bond donors (Lipinski definition) is 1. The number of hydrogen-bond acceptors (Lipinski definition) is 3. The molecule has 0 aromatic rings. The summed E-state index contributed by atoms with van der Waals surface area (Å²) in [5.41, 5.74) is -0.149. The molecule has 4 heteroatoms. The summed E-state index contributed by atoms with van der Waals surface area (Å²) in [7, 11) is 1.70. The molecule has 0 bridgehead atoms. The van der Waals surface area contributed by atoms with Gasteiger partial charge in [0.05, 0.1) is 5.60 Å². The van der Waals surface area contributed by atoms with Crippen LogP contribution in [0.3, 0.4) is 0 Å². The van der Waals surface area contributed by atoms with Gasteiger partial charge in [-0.25, -0.2) is 0 Å². The Morgan fingerprint density at radius 1 is 1.85 bits per heavy atom. The van der Waals surface area contributed by atoms with Crippen LogP contribution in [0.25, 0.3) is 0 Å². The highest BCUT2D eigenvalue weighted by Crippen LogP contribution is 2.30. The lowest BCUT2D eigenvalue weighted by atomic mass is 10.0. The van der Waals surface area contributed by atoms with Gasteiger partial charge in [-0.05, 0) is 18.2 Å². The molecule has 1 amide bonds. The summed E-state index contributed by atoms with van der Waals surface area (Å²) in [4.78, 5) is 10.9. The third kappa shape index (κ3) is 2.74. The van der Waals surface area contributed by atoms with Crippen LogP contribution in [-0.2, 0) is 9.53 Å². The van der Waals surface area contributed by atoms with Crippen LogP contribution in [0.4, 0.5) is 0 Å². The van der Waals surface area contributed by atoms with Crippen molar-refractivity contribution in [2.24, 2.45) is 0 Å². The molecule has 0 aromatic carbocycles. The largest absolute Gasteiger partial charge is 0.376 e. The molecule has 1 atom stereocenters. The fourth-order valence-corrected chi connectivity index (χ4v) is 2.68. The minimum atomic E-state index is -0.149. The van der Waals surface area contributed by atoms with Gasteiger partial charge < -0.3 is 10.1 Å². The van der Waals surface area contributed by atoms with Crippen molar-refractivity contribution in [1.82, 2.24) is 5.32 Å². The van der Waals surface area contributed by atoms with E-state index in [1.165, 1.54) is 6.08 Å². The van der Waals surface area contributed by atoms with E-state index in [1.54, 1.807) is 7.11 Å². The zero-order valence-corrected chi connectivity index (χ0v) is 8.65. The van der Waals surface area contributed by atoms with Crippen molar-refractivity contribution < 1.29 is 9.53 Å². The van der Waals surface area contributed by atoms with Crippen molar-refractivity contribution in [2.45, 2.75) is 12.0 Å². The minimum absolute atomic E-state index is 0.131. The molecule has 0 radical (unpaired) electrons. The standard InChI is InChI=1S/C9H15NO2S/c1-3-8(11)10-6-9(12-2)4-5-13-7-9/h3H,1,4-7H2,2H3,(H,10,11). The fourth-order valence-electron chi connectivity index (χ4n) is 1.28. The van der Waals surface area contributed by atoms with Gasteiger partial charge in [-0.1, -0.05) is 6.58 Å². The molecule has 1 saturated heterocycles. The highest BCUT2D eigenvalue weighted by atomic mass is 32.2. The number of nitrogens with one attached hydrogen (secondary N) is 1. The second kappa shape index (κ2) is 4.67. The number of thioether (sulfide) groups is 1. The smallest absolute Gasteiger partial charge is 0.243 e. The number of carbonyl (C=O) groups excluding carboxylic acids is 1. The Morgan fingerprint density at radius 3 is 3.08 bits per heavy atom. The summed E-state index contributed by atoms with van der Waals surface area (Å²) in [6.07, 6.45) is 2.29. The van der Waals surface area contributed by atoms with Crippen LogP contribution in [0.15, 0.2) is 12.7 Å². The Kier molecular flexibility index (Phi) is 3.81. The molecular formula is C9H15NO2S. The van der Waals surface area contributed by atoms with Gasteiger partial charge in [0.15, 0.2) is 0 Å². The first kappa shape index (κ1) is 10.6. The van der Waals surface area contributed by atoms with Gasteiger partial charge >= 0.3 is 0 Å². The normalized spacial score (nSPS) is 27.2. The zero-order chi connectivity index (χ0) is 9.73. The minimum Gasteiger partial charge on any atom is -0.376 e. The third-order valence-corrected chi connectivity index (χ3v) is 3.49. The average Bonchev–Trinajstić information content (AvgIpc) is 2.63. The second-order valence-corrected chi connectivity index (χ2v) is 4.22. The summed E-state index contributed by atoms with van der Waals surface area (Å²) in [5.74, 6) is 1.94. The summed E-state index contributed by atoms with van der Waals surface area (Å²) in [5, 5.41) is 2.77. The second-order valence-electron chi connectivity index (χ2n) is 3.11. The van der Waals surface area contributed by atoms with Gasteiger partial charge in [0.25, 0.3) is 0 Å². The molecule has 0 saturated carbocycles. The van der Waals surface area contributed by atoms with Crippen molar-refractivity contribution in [1.29, 1.82) is 0 Å². The SMILES string of the molecule is C=CC(=O)NCC1(OC)CCSC1. The number of rotatable bonds is 4. The van der Waals surface area contributed by atoms with E-state index in [0.29, 0.717) is 6.54 Å². The lowest BCUT2D eigenvalue weighted by Gasteiger charge is -2.26. The van der Waals surface area contributed by atoms with Crippen molar-refractivity contribution in [3.05, 3.63) is 12.7 Å². The molecule has 1 unspecified atom stereocenters. The van der Waals surface area contributed by atoms with E-state index in [-0.39, 0.29) is 11.5 Å². The van der Waals surface area contributed by atoms with Crippen LogP contribution < -0.4 is 5.32 Å². The van der Waals surface area contributed by atoms with Crippen molar-refractivity contribution in [3.8, 4) is 0 Å². The molecule has 3 nitrogen and oxygen atoms in total. The van der Waals surface area contributed by atoms with Crippen molar-refractivity contribution in [2.75, 3.05) is 25.2 Å². The summed E-state index contributed by atoms with van der Waals surface area (Å²) >= 11 is 1.86. The van der Waals surface area contributed by atoms with E-state index in [2.05, 4.69) is 11.9 Å². The van der Waals surface area contributed by atoms with Crippen LogP contribution in [0, 0.1) is 0 Å². The maximum absolute atomic E-state index is 10.9. The monoisotopic (exact) mass is 201 g/mol. The lowest BCUT2D eigenvalue weighted by molar-refractivity contribution is -0.117. The van der Waals surface area contributed by atoms with E-state index < -0.39 is 0 Å². The lowest BCUT2D eigenvalue weighted by Crippen LogP contribution is -2.44. The molecule has 74 valence electrons. The number of methoxy groups -OCH3 is 1. The van der Waals surface area contributed by atoms with Crippen molar-refractivity contribution >= 4 is 17.7 Å². The molecule has 0 aliphatic carbocycles. The van der Waals surface area contributed by atoms with Gasteiger partial charge in [0, 0.05) is 19.4 Å². The highest BCUT2D eigenvalue weighted by molar-refractivity contribution is 7.99. The molecule has 0 spiro atoms. The molecule has 13 heavy (non-hydrogen) atoms. The van der Waals surface area contributed by atoms with E-state index in [1.807, 2.05) is 11.8 Å². The van der Waals surface area contributed by atoms with Crippen LogP contribution in [-0.4, -0.2) is 36.7 Å². The van der Waals surface area contributed by atoms with Gasteiger partial charge in [0.2, 0.25) is 5.91 Å². The maximum atomic E-state index is 10.9. The number of ether oxygens (including phenoxy) is 1. The van der Waals surface area contributed by atoms with E-state index in [0.717, 1.165) is 17.9 Å². The number of amides is 1. The molecule has 1 aliphatic rings. The number of carbonyl (C=O) groups is 1. The van der Waals surface area contributed by atoms with Crippen LogP contribution in [0.1, 0.15) is 6.42 Å². The summed E-state index contributed by atoms with van der Waals surface area (Å²) < 4.78 is 5.42. The predicted octanol–water partition coefficient (Wildman–Crippen LogP) is 0.811. The Balaban J connectivity index is 2.39. The van der Waals surface area contributed by atoms with Gasteiger partial charge in [-0.2, -0.15) is 11.8 Å². The molecular weight excluding hydrogens is 186 g/mol. The first-order valence-corrected chi connectivity index (χ1v) is 5.41. The Bertz CT molecular complexity index is 200. The first-order chi connectivity index (χ1) is 6.22. The van der Waals surface area contributed by atoms with Gasteiger partial charge in [-0.15, -0.1) is 0 Å². The average molecular weight is 201 g/mol. The Hall–Kier alpha value is -0.480. The molecule has 1 heterocycles. The quantitative estimate of drug-likeness (QED) is 0.684. The summed E-state index contributed by atoms with van der Waals surface area (Å²) in [6.45, 7) is 3.98. The van der Waals surface area contributed by atoms with Crippen LogP contribution in [0.2, 0.25) is 0 Å². The topological polar surface area (TPSA) is 38.3 Å². The Labute approximate surface area is 82.9 Å². The van der Waals surface area contributed by atoms with Gasteiger partial charge in [0.1, 0.15) is 0 Å². The first-order valence-electron chi connectivity index (χ1n) is 4.25. The van der Waals surface area contributed by atoms with Crippen LogP contribution in [0.5, 0.6) is 0 Å².